The van der Waals surface area contributed by atoms with Gasteiger partial charge in [-0.2, -0.15) is 0 Å². The molecular weight excluding hydrogens is 328 g/mol. The predicted octanol–water partition coefficient (Wildman–Crippen LogP) is 3.50. The van der Waals surface area contributed by atoms with Crippen LogP contribution in [0.4, 0.5) is 8.78 Å². The van der Waals surface area contributed by atoms with E-state index in [1.807, 2.05) is 24.3 Å². The summed E-state index contributed by atoms with van der Waals surface area (Å²) >= 11 is 3.32. The molecule has 0 heterocycles. The summed E-state index contributed by atoms with van der Waals surface area (Å²) in [5, 5.41) is 10.3. The molecule has 0 saturated carbocycles. The van der Waals surface area contributed by atoms with Crippen molar-refractivity contribution in [2.75, 3.05) is 6.54 Å². The normalized spacial score (nSPS) is 14.1. The van der Waals surface area contributed by atoms with E-state index >= 15 is 0 Å². The molecule has 3 N–H and O–H groups in total. The first-order valence-corrected chi connectivity index (χ1v) is 6.90. The van der Waals surface area contributed by atoms with E-state index in [0.29, 0.717) is 0 Å². The number of rotatable bonds is 4. The predicted molar refractivity (Wildman–Crippen MR) is 77.3 cm³/mol. The summed E-state index contributed by atoms with van der Waals surface area (Å²) in [6.07, 6.45) is -1.06. The zero-order valence-electron chi connectivity index (χ0n) is 10.6. The Morgan fingerprint density at radius 1 is 1.00 bits per heavy atom. The van der Waals surface area contributed by atoms with E-state index in [4.69, 9.17) is 5.73 Å². The number of hydrogen-bond donors (Lipinski definition) is 2. The number of aliphatic hydroxyl groups is 1. The minimum atomic E-state index is -1.06. The molecule has 2 aromatic carbocycles. The maximum absolute atomic E-state index is 13.2. The molecular formula is C15H14BrF2NO. The van der Waals surface area contributed by atoms with Gasteiger partial charge in [-0.1, -0.05) is 28.1 Å². The van der Waals surface area contributed by atoms with Crippen molar-refractivity contribution in [1.82, 2.24) is 0 Å². The lowest BCUT2D eigenvalue weighted by Crippen LogP contribution is -2.20. The van der Waals surface area contributed by atoms with E-state index in [2.05, 4.69) is 15.9 Å². The van der Waals surface area contributed by atoms with E-state index < -0.39 is 23.7 Å². The van der Waals surface area contributed by atoms with Gasteiger partial charge in [0.05, 0.1) is 6.10 Å². The second-order valence-electron chi connectivity index (χ2n) is 4.54. The molecule has 2 atom stereocenters. The van der Waals surface area contributed by atoms with E-state index in [9.17, 15) is 13.9 Å². The molecule has 0 spiro atoms. The number of nitrogens with two attached hydrogens (primary N) is 1. The maximum Gasteiger partial charge on any atom is 0.126 e. The van der Waals surface area contributed by atoms with Crippen LogP contribution in [0.1, 0.15) is 23.1 Å². The molecule has 0 saturated heterocycles. The lowest BCUT2D eigenvalue weighted by Gasteiger charge is -2.22. The topological polar surface area (TPSA) is 46.2 Å². The highest BCUT2D eigenvalue weighted by Crippen LogP contribution is 2.31. The third-order valence-corrected chi connectivity index (χ3v) is 3.69. The summed E-state index contributed by atoms with van der Waals surface area (Å²) in [4.78, 5) is 0. The third kappa shape index (κ3) is 3.42. The molecule has 0 aliphatic carbocycles. The van der Waals surface area contributed by atoms with Crippen molar-refractivity contribution in [3.63, 3.8) is 0 Å². The van der Waals surface area contributed by atoms with Crippen LogP contribution in [0.3, 0.4) is 0 Å². The van der Waals surface area contributed by atoms with Gasteiger partial charge in [0.1, 0.15) is 11.6 Å². The molecule has 20 heavy (non-hydrogen) atoms. The summed E-state index contributed by atoms with van der Waals surface area (Å²) < 4.78 is 27.4. The van der Waals surface area contributed by atoms with E-state index in [-0.39, 0.29) is 12.1 Å². The summed E-state index contributed by atoms with van der Waals surface area (Å²) in [5.74, 6) is -1.86. The zero-order chi connectivity index (χ0) is 14.7. The summed E-state index contributed by atoms with van der Waals surface area (Å²) in [6.45, 7) is 0.168. The number of aliphatic hydroxyl groups excluding tert-OH is 1. The summed E-state index contributed by atoms with van der Waals surface area (Å²) in [5.41, 5.74) is 6.69. The average molecular weight is 342 g/mol. The first-order chi connectivity index (χ1) is 9.51. The summed E-state index contributed by atoms with van der Waals surface area (Å²) in [6, 6.07) is 10.3. The fourth-order valence-electron chi connectivity index (χ4n) is 2.14. The van der Waals surface area contributed by atoms with Crippen molar-refractivity contribution in [3.05, 3.63) is 69.7 Å². The average Bonchev–Trinajstić information content (AvgIpc) is 2.40. The highest BCUT2D eigenvalue weighted by Gasteiger charge is 2.22. The van der Waals surface area contributed by atoms with Crippen LogP contribution in [0.5, 0.6) is 0 Å². The Bertz CT molecular complexity index is 569. The Balaban J connectivity index is 2.33. The SMILES string of the molecule is NCC(c1ccc(Br)cc1)C(O)c1cc(F)cc(F)c1. The molecule has 0 bridgehead atoms. The second-order valence-corrected chi connectivity index (χ2v) is 5.46. The standard InChI is InChI=1S/C15H14BrF2NO/c16-11-3-1-9(2-4-11)14(8-19)15(20)10-5-12(17)7-13(18)6-10/h1-7,14-15,20H,8,19H2. The first kappa shape index (κ1) is 15.1. The lowest BCUT2D eigenvalue weighted by atomic mass is 9.89. The molecule has 2 nitrogen and oxygen atoms in total. The minimum Gasteiger partial charge on any atom is -0.388 e. The van der Waals surface area contributed by atoms with Crippen molar-refractivity contribution in [1.29, 1.82) is 0 Å². The third-order valence-electron chi connectivity index (χ3n) is 3.16. The molecule has 2 rings (SSSR count). The Hall–Kier alpha value is -1.30. The van der Waals surface area contributed by atoms with Crippen LogP contribution in [-0.4, -0.2) is 11.7 Å². The van der Waals surface area contributed by atoms with Crippen molar-refractivity contribution >= 4 is 15.9 Å². The van der Waals surface area contributed by atoms with Gasteiger partial charge in [0.2, 0.25) is 0 Å². The molecule has 2 aromatic rings. The molecule has 0 fully saturated rings. The van der Waals surface area contributed by atoms with E-state index in [1.165, 1.54) is 0 Å². The minimum absolute atomic E-state index is 0.168. The molecule has 0 aliphatic heterocycles. The highest BCUT2D eigenvalue weighted by molar-refractivity contribution is 9.10. The molecule has 0 radical (unpaired) electrons. The van der Waals surface area contributed by atoms with Gasteiger partial charge in [-0.3, -0.25) is 0 Å². The molecule has 0 amide bonds. The van der Waals surface area contributed by atoms with E-state index in [1.54, 1.807) is 0 Å². The Morgan fingerprint density at radius 2 is 1.55 bits per heavy atom. The Kier molecular flexibility index (Phi) is 4.86. The Labute approximate surface area is 124 Å². The van der Waals surface area contributed by atoms with Gasteiger partial charge in [0, 0.05) is 23.0 Å². The maximum atomic E-state index is 13.2. The molecule has 106 valence electrons. The number of hydrogen-bond acceptors (Lipinski definition) is 2. The van der Waals surface area contributed by atoms with Crippen LogP contribution >= 0.6 is 15.9 Å². The van der Waals surface area contributed by atoms with Gasteiger partial charge < -0.3 is 10.8 Å². The van der Waals surface area contributed by atoms with Gasteiger partial charge >= 0.3 is 0 Å². The summed E-state index contributed by atoms with van der Waals surface area (Å²) in [7, 11) is 0. The van der Waals surface area contributed by atoms with Crippen molar-refractivity contribution < 1.29 is 13.9 Å². The quantitative estimate of drug-likeness (QED) is 0.893. The monoisotopic (exact) mass is 341 g/mol. The van der Waals surface area contributed by atoms with Gasteiger partial charge in [-0.05, 0) is 35.4 Å². The van der Waals surface area contributed by atoms with Gasteiger partial charge in [-0.15, -0.1) is 0 Å². The molecule has 5 heteroatoms. The van der Waals surface area contributed by atoms with Crippen LogP contribution in [0.25, 0.3) is 0 Å². The molecule has 0 aliphatic rings. The highest BCUT2D eigenvalue weighted by atomic mass is 79.9. The van der Waals surface area contributed by atoms with Crippen LogP contribution < -0.4 is 5.73 Å². The fourth-order valence-corrected chi connectivity index (χ4v) is 2.40. The smallest absolute Gasteiger partial charge is 0.126 e. The van der Waals surface area contributed by atoms with Crippen molar-refractivity contribution in [3.8, 4) is 0 Å². The Morgan fingerprint density at radius 3 is 2.05 bits per heavy atom. The fraction of sp³-hybridized carbons (Fsp3) is 0.200. The largest absolute Gasteiger partial charge is 0.388 e. The van der Waals surface area contributed by atoms with E-state index in [0.717, 1.165) is 28.2 Å². The number of halogens is 3. The van der Waals surface area contributed by atoms with Gasteiger partial charge in [0.15, 0.2) is 0 Å². The van der Waals surface area contributed by atoms with Crippen LogP contribution in [0, 0.1) is 11.6 Å². The first-order valence-electron chi connectivity index (χ1n) is 6.11. The van der Waals surface area contributed by atoms with Crippen LogP contribution in [0.2, 0.25) is 0 Å². The zero-order valence-corrected chi connectivity index (χ0v) is 12.1. The second kappa shape index (κ2) is 6.43. The van der Waals surface area contributed by atoms with Gasteiger partial charge in [0.25, 0.3) is 0 Å². The van der Waals surface area contributed by atoms with Crippen LogP contribution in [0.15, 0.2) is 46.9 Å². The van der Waals surface area contributed by atoms with Crippen molar-refractivity contribution in [2.45, 2.75) is 12.0 Å². The van der Waals surface area contributed by atoms with Crippen molar-refractivity contribution in [2.24, 2.45) is 5.73 Å². The molecule has 2 unspecified atom stereocenters. The van der Waals surface area contributed by atoms with Gasteiger partial charge in [-0.25, -0.2) is 8.78 Å². The number of benzene rings is 2. The lowest BCUT2D eigenvalue weighted by molar-refractivity contribution is 0.146. The molecule has 0 aromatic heterocycles. The van der Waals surface area contributed by atoms with Crippen LogP contribution in [-0.2, 0) is 0 Å².